The molecule has 172 valence electrons. The maximum Gasteiger partial charge on any atom is 0.348 e. The molecule has 1 amide bonds. The quantitative estimate of drug-likeness (QED) is 0.370. The Morgan fingerprint density at radius 2 is 2.00 bits per heavy atom. The number of benzene rings is 1. The first-order valence-corrected chi connectivity index (χ1v) is 11.8. The van der Waals surface area contributed by atoms with Gasteiger partial charge in [0.25, 0.3) is 0 Å². The second kappa shape index (κ2) is 8.29. The Bertz CT molecular complexity index is 1460. The van der Waals surface area contributed by atoms with Crippen LogP contribution in [0.5, 0.6) is 0 Å². The Morgan fingerprint density at radius 3 is 2.82 bits per heavy atom. The lowest BCUT2D eigenvalue weighted by Gasteiger charge is -2.08. The summed E-state index contributed by atoms with van der Waals surface area (Å²) in [7, 11) is 0. The maximum atomic E-state index is 12.7. The van der Waals surface area contributed by atoms with Gasteiger partial charge in [0.2, 0.25) is 5.91 Å². The average Bonchev–Trinajstić information content (AvgIpc) is 3.73. The van der Waals surface area contributed by atoms with Gasteiger partial charge in [-0.05, 0) is 60.4 Å². The predicted octanol–water partition coefficient (Wildman–Crippen LogP) is 4.30. The van der Waals surface area contributed by atoms with E-state index in [4.69, 9.17) is 11.6 Å². The van der Waals surface area contributed by atoms with Gasteiger partial charge < -0.3 is 15.0 Å². The molecule has 0 saturated heterocycles. The van der Waals surface area contributed by atoms with Gasteiger partial charge in [-0.3, -0.25) is 9.78 Å². The summed E-state index contributed by atoms with van der Waals surface area (Å²) in [6, 6.07) is 13.4. The highest BCUT2D eigenvalue weighted by Gasteiger charge is 2.44. The Hall–Kier alpha value is -3.65. The lowest BCUT2D eigenvalue weighted by Crippen LogP contribution is -2.21. The number of nitrogens with one attached hydrogen (secondary N) is 3. The first-order chi connectivity index (χ1) is 16.5. The van der Waals surface area contributed by atoms with Crippen molar-refractivity contribution in [1.29, 1.82) is 0 Å². The van der Waals surface area contributed by atoms with E-state index in [0.29, 0.717) is 29.1 Å². The summed E-state index contributed by atoms with van der Waals surface area (Å²) in [5.74, 6) is 1.22. The number of halogens is 1. The molecular weight excluding hydrogens is 452 g/mol. The van der Waals surface area contributed by atoms with Gasteiger partial charge in [0.15, 0.2) is 0 Å². The smallest absolute Gasteiger partial charge is 0.348 e. The molecule has 8 nitrogen and oxygen atoms in total. The fourth-order valence-corrected chi connectivity index (χ4v) is 4.62. The Kier molecular flexibility index (Phi) is 5.10. The number of hydrogen-bond donors (Lipinski definition) is 3. The molecule has 2 saturated carbocycles. The lowest BCUT2D eigenvalue weighted by molar-refractivity contribution is -0.117. The first-order valence-electron chi connectivity index (χ1n) is 11.4. The normalized spacial score (nSPS) is 19.2. The van der Waals surface area contributed by atoms with E-state index in [2.05, 4.69) is 37.8 Å². The largest absolute Gasteiger partial charge is 0.364 e. The van der Waals surface area contributed by atoms with Gasteiger partial charge >= 0.3 is 5.69 Å². The molecule has 4 aromatic rings. The van der Waals surface area contributed by atoms with Crippen LogP contribution in [-0.2, 0) is 11.3 Å². The number of pyridine rings is 1. The highest BCUT2D eigenvalue weighted by molar-refractivity contribution is 6.30. The molecule has 2 fully saturated rings. The van der Waals surface area contributed by atoms with Crippen LogP contribution in [-0.4, -0.2) is 25.3 Å². The number of aromatic nitrogens is 4. The topological polar surface area (TPSA) is 104 Å². The van der Waals surface area contributed by atoms with Crippen LogP contribution in [0.2, 0.25) is 5.02 Å². The average molecular weight is 475 g/mol. The van der Waals surface area contributed by atoms with E-state index in [0.717, 1.165) is 23.3 Å². The molecule has 1 aromatic carbocycles. The van der Waals surface area contributed by atoms with Gasteiger partial charge in [-0.25, -0.2) is 9.78 Å². The lowest BCUT2D eigenvalue weighted by atomic mass is 10.1. The summed E-state index contributed by atoms with van der Waals surface area (Å²) < 4.78 is 2.04. The van der Waals surface area contributed by atoms with Crippen LogP contribution in [0.4, 0.5) is 11.6 Å². The van der Waals surface area contributed by atoms with Crippen molar-refractivity contribution in [2.75, 3.05) is 10.6 Å². The standard InChI is InChI=1S/C25H23ClN6O2/c26-17-3-1-2-15(8-17)19-9-20(19)24(33)29-22-10-21(30-25(34)31-22)27-11-18-13-32-12-16(14-4-5-14)6-7-23(32)28-18/h1-3,6-8,10,12-14,19-20H,4-5,9,11H2,(H3,27,29,30,31,33,34)/t19-,20+/m1/s1. The van der Waals surface area contributed by atoms with Crippen LogP contribution in [0.3, 0.4) is 0 Å². The number of imidazole rings is 1. The minimum atomic E-state index is -0.536. The number of fused-ring (bicyclic) bond motifs is 1. The van der Waals surface area contributed by atoms with Gasteiger partial charge in [0, 0.05) is 29.4 Å². The number of carbonyl (C=O) groups is 1. The van der Waals surface area contributed by atoms with Crippen molar-refractivity contribution in [3.8, 4) is 0 Å². The number of anilines is 2. The van der Waals surface area contributed by atoms with E-state index in [1.165, 1.54) is 18.4 Å². The van der Waals surface area contributed by atoms with Crippen LogP contribution in [0, 0.1) is 5.92 Å². The number of rotatable bonds is 7. The molecule has 6 rings (SSSR count). The molecule has 0 aliphatic heterocycles. The number of aromatic amines is 1. The van der Waals surface area contributed by atoms with Gasteiger partial charge in [0.05, 0.1) is 12.2 Å². The molecule has 34 heavy (non-hydrogen) atoms. The Labute approximate surface area is 200 Å². The van der Waals surface area contributed by atoms with E-state index in [1.807, 2.05) is 40.9 Å². The maximum absolute atomic E-state index is 12.7. The fraction of sp³-hybridized carbons (Fsp3) is 0.280. The number of nitrogens with zero attached hydrogens (tertiary/aromatic N) is 3. The van der Waals surface area contributed by atoms with Crippen molar-refractivity contribution in [3.63, 3.8) is 0 Å². The third kappa shape index (κ3) is 4.41. The highest BCUT2D eigenvalue weighted by atomic mass is 35.5. The highest BCUT2D eigenvalue weighted by Crippen LogP contribution is 2.48. The van der Waals surface area contributed by atoms with Crippen LogP contribution >= 0.6 is 11.6 Å². The number of carbonyl (C=O) groups excluding carboxylic acids is 1. The van der Waals surface area contributed by atoms with Gasteiger partial charge in [-0.1, -0.05) is 29.8 Å². The number of amides is 1. The minimum Gasteiger partial charge on any atom is -0.364 e. The number of hydrogen-bond acceptors (Lipinski definition) is 5. The fourth-order valence-electron chi connectivity index (χ4n) is 4.42. The molecule has 0 spiro atoms. The van der Waals surface area contributed by atoms with E-state index in [1.54, 1.807) is 6.07 Å². The predicted molar refractivity (Wildman–Crippen MR) is 130 cm³/mol. The molecule has 3 N–H and O–H groups in total. The summed E-state index contributed by atoms with van der Waals surface area (Å²) >= 11 is 6.07. The van der Waals surface area contributed by atoms with Crippen molar-refractivity contribution in [3.05, 3.63) is 87.2 Å². The van der Waals surface area contributed by atoms with Crippen molar-refractivity contribution >= 4 is 34.8 Å². The third-order valence-corrected chi connectivity index (χ3v) is 6.66. The second-order valence-corrected chi connectivity index (χ2v) is 9.50. The van der Waals surface area contributed by atoms with E-state index < -0.39 is 5.69 Å². The Balaban J connectivity index is 1.11. The zero-order valence-corrected chi connectivity index (χ0v) is 19.0. The van der Waals surface area contributed by atoms with Gasteiger partial charge in [-0.15, -0.1) is 0 Å². The van der Waals surface area contributed by atoms with Crippen LogP contribution < -0.4 is 16.3 Å². The van der Waals surface area contributed by atoms with E-state index in [-0.39, 0.29) is 17.7 Å². The molecular formula is C25H23ClN6O2. The zero-order chi connectivity index (χ0) is 23.2. The number of H-pyrrole nitrogens is 1. The second-order valence-electron chi connectivity index (χ2n) is 9.07. The van der Waals surface area contributed by atoms with E-state index >= 15 is 0 Å². The molecule has 0 unspecified atom stereocenters. The van der Waals surface area contributed by atoms with Crippen molar-refractivity contribution in [2.45, 2.75) is 37.6 Å². The van der Waals surface area contributed by atoms with E-state index in [9.17, 15) is 9.59 Å². The van der Waals surface area contributed by atoms with Crippen LogP contribution in [0.1, 0.15) is 47.9 Å². The van der Waals surface area contributed by atoms with Crippen molar-refractivity contribution < 1.29 is 4.79 Å². The molecule has 2 atom stereocenters. The molecule has 2 aliphatic rings. The molecule has 0 bridgehead atoms. The monoisotopic (exact) mass is 474 g/mol. The van der Waals surface area contributed by atoms with Gasteiger partial charge in [-0.2, -0.15) is 4.98 Å². The zero-order valence-electron chi connectivity index (χ0n) is 18.3. The molecule has 2 aliphatic carbocycles. The summed E-state index contributed by atoms with van der Waals surface area (Å²) in [6.07, 6.45) is 7.38. The molecule has 3 heterocycles. The third-order valence-electron chi connectivity index (χ3n) is 6.43. The van der Waals surface area contributed by atoms with Crippen molar-refractivity contribution in [1.82, 2.24) is 19.4 Å². The summed E-state index contributed by atoms with van der Waals surface area (Å²) in [4.78, 5) is 36.0. The minimum absolute atomic E-state index is 0.135. The van der Waals surface area contributed by atoms with Crippen molar-refractivity contribution in [2.24, 2.45) is 5.92 Å². The summed E-state index contributed by atoms with van der Waals surface area (Å²) in [6.45, 7) is 0.406. The molecule has 3 aromatic heterocycles. The Morgan fingerprint density at radius 1 is 1.12 bits per heavy atom. The summed E-state index contributed by atoms with van der Waals surface area (Å²) in [5.41, 5.74) is 3.57. The van der Waals surface area contributed by atoms with Gasteiger partial charge in [0.1, 0.15) is 17.3 Å². The summed E-state index contributed by atoms with van der Waals surface area (Å²) in [5, 5.41) is 6.61. The molecule has 0 radical (unpaired) electrons. The SMILES string of the molecule is O=C(Nc1cc(NCc2cn3cc(C4CC4)ccc3n2)nc(=O)[nH]1)[C@H]1C[C@@H]1c1cccc(Cl)c1. The first kappa shape index (κ1) is 20.9. The van der Waals surface area contributed by atoms with Crippen LogP contribution in [0.25, 0.3) is 5.65 Å². The molecule has 9 heteroatoms. The van der Waals surface area contributed by atoms with Crippen LogP contribution in [0.15, 0.2) is 59.7 Å².